The summed E-state index contributed by atoms with van der Waals surface area (Å²) in [5.74, 6) is -0.0806. The van der Waals surface area contributed by atoms with Gasteiger partial charge in [0.2, 0.25) is 0 Å². The van der Waals surface area contributed by atoms with E-state index in [-0.39, 0.29) is 12.0 Å². The number of para-hydroxylation sites is 1. The molecule has 2 aromatic carbocycles. The van der Waals surface area contributed by atoms with Crippen LogP contribution < -0.4 is 5.32 Å². The molecule has 3 aromatic rings. The molecule has 1 atom stereocenters. The van der Waals surface area contributed by atoms with Gasteiger partial charge in [-0.1, -0.05) is 18.2 Å². The molecule has 1 saturated heterocycles. The topological polar surface area (TPSA) is 51.5 Å². The molecule has 4 nitrogen and oxygen atoms in total. The minimum atomic E-state index is -0.323. The molecule has 0 aliphatic carbocycles. The number of rotatable bonds is 2. The maximum Gasteiger partial charge on any atom is 0.253 e. The van der Waals surface area contributed by atoms with Crippen molar-refractivity contribution in [3.05, 3.63) is 42.5 Å². The van der Waals surface area contributed by atoms with Gasteiger partial charge in [-0.3, -0.25) is 4.79 Å². The van der Waals surface area contributed by atoms with E-state index in [0.717, 1.165) is 40.5 Å². The number of fused-ring (bicyclic) bond motifs is 3. The quantitative estimate of drug-likeness (QED) is 0.779. The van der Waals surface area contributed by atoms with Gasteiger partial charge in [-0.2, -0.15) is 0 Å². The Kier molecular flexibility index (Phi) is 2.89. The number of amides is 1. The third-order valence-electron chi connectivity index (χ3n) is 3.87. The molecule has 0 radical (unpaired) electrons. The van der Waals surface area contributed by atoms with Gasteiger partial charge in [0.05, 0.1) is 0 Å². The molecule has 1 aromatic heterocycles. The van der Waals surface area contributed by atoms with Gasteiger partial charge in [-0.15, -0.1) is 0 Å². The summed E-state index contributed by atoms with van der Waals surface area (Å²) in [5.41, 5.74) is 2.37. The van der Waals surface area contributed by atoms with Crippen LogP contribution in [0.2, 0.25) is 0 Å². The largest absolute Gasteiger partial charge is 0.456 e. The first-order valence-corrected chi connectivity index (χ1v) is 7.15. The number of anilines is 1. The normalized spacial score (nSPS) is 18.4. The van der Waals surface area contributed by atoms with Gasteiger partial charge in [0, 0.05) is 29.1 Å². The summed E-state index contributed by atoms with van der Waals surface area (Å²) >= 11 is 0. The number of hydrogen-bond donors (Lipinski definition) is 1. The Balaban J connectivity index is 1.67. The van der Waals surface area contributed by atoms with Crippen LogP contribution in [0.25, 0.3) is 21.9 Å². The van der Waals surface area contributed by atoms with E-state index < -0.39 is 0 Å². The molecule has 0 unspecified atom stereocenters. The standard InChI is InChI=1S/C17H15NO3/c19-17(15-6-3-9-20-15)18-11-7-8-13-12-4-1-2-5-14(12)21-16(13)10-11/h1-2,4-5,7-8,10,15H,3,6,9H2,(H,18,19)/t15-/m1/s1. The van der Waals surface area contributed by atoms with Crippen molar-refractivity contribution < 1.29 is 13.9 Å². The summed E-state index contributed by atoms with van der Waals surface area (Å²) in [4.78, 5) is 12.1. The number of benzene rings is 2. The highest BCUT2D eigenvalue weighted by Gasteiger charge is 2.23. The first-order valence-electron chi connectivity index (χ1n) is 7.15. The fraction of sp³-hybridized carbons (Fsp3) is 0.235. The molecule has 106 valence electrons. The smallest absolute Gasteiger partial charge is 0.253 e. The van der Waals surface area contributed by atoms with Crippen LogP contribution in [-0.2, 0) is 9.53 Å². The van der Waals surface area contributed by atoms with Crippen LogP contribution in [0.5, 0.6) is 0 Å². The van der Waals surface area contributed by atoms with Crippen molar-refractivity contribution in [2.24, 2.45) is 0 Å². The van der Waals surface area contributed by atoms with Gasteiger partial charge in [0.25, 0.3) is 5.91 Å². The lowest BCUT2D eigenvalue weighted by Crippen LogP contribution is -2.26. The Morgan fingerprint density at radius 3 is 2.81 bits per heavy atom. The highest BCUT2D eigenvalue weighted by molar-refractivity contribution is 6.06. The van der Waals surface area contributed by atoms with Crippen molar-refractivity contribution in [1.29, 1.82) is 0 Å². The lowest BCUT2D eigenvalue weighted by Gasteiger charge is -2.10. The van der Waals surface area contributed by atoms with E-state index in [1.807, 2.05) is 42.5 Å². The molecule has 1 aliphatic heterocycles. The molecular weight excluding hydrogens is 266 g/mol. The van der Waals surface area contributed by atoms with Crippen molar-refractivity contribution in [2.45, 2.75) is 18.9 Å². The molecule has 1 aliphatic rings. The molecule has 0 spiro atoms. The minimum absolute atomic E-state index is 0.0806. The second-order valence-electron chi connectivity index (χ2n) is 5.30. The zero-order valence-corrected chi connectivity index (χ0v) is 11.5. The predicted octanol–water partition coefficient (Wildman–Crippen LogP) is 3.70. The molecule has 4 rings (SSSR count). The molecule has 0 saturated carbocycles. The second kappa shape index (κ2) is 4.90. The molecular formula is C17H15NO3. The first-order chi connectivity index (χ1) is 10.3. The maximum absolute atomic E-state index is 12.1. The van der Waals surface area contributed by atoms with Crippen molar-refractivity contribution in [3.63, 3.8) is 0 Å². The Labute approximate surface area is 121 Å². The van der Waals surface area contributed by atoms with Gasteiger partial charge >= 0.3 is 0 Å². The summed E-state index contributed by atoms with van der Waals surface area (Å²) in [6.45, 7) is 0.667. The Hall–Kier alpha value is -2.33. The highest BCUT2D eigenvalue weighted by atomic mass is 16.5. The van der Waals surface area contributed by atoms with E-state index in [0.29, 0.717) is 6.61 Å². The number of carbonyl (C=O) groups excluding carboxylic acids is 1. The van der Waals surface area contributed by atoms with E-state index >= 15 is 0 Å². The third kappa shape index (κ3) is 2.17. The summed E-state index contributed by atoms with van der Waals surface area (Å²) in [7, 11) is 0. The molecule has 1 N–H and O–H groups in total. The lowest BCUT2D eigenvalue weighted by atomic mass is 10.1. The maximum atomic E-state index is 12.1. The number of furan rings is 1. The zero-order chi connectivity index (χ0) is 14.2. The van der Waals surface area contributed by atoms with Crippen LogP contribution in [0.3, 0.4) is 0 Å². The highest BCUT2D eigenvalue weighted by Crippen LogP contribution is 2.30. The lowest BCUT2D eigenvalue weighted by molar-refractivity contribution is -0.124. The number of hydrogen-bond acceptors (Lipinski definition) is 3. The third-order valence-corrected chi connectivity index (χ3v) is 3.87. The van der Waals surface area contributed by atoms with Gasteiger partial charge in [-0.25, -0.2) is 0 Å². The Morgan fingerprint density at radius 1 is 1.10 bits per heavy atom. The minimum Gasteiger partial charge on any atom is -0.456 e. The van der Waals surface area contributed by atoms with Crippen molar-refractivity contribution in [3.8, 4) is 0 Å². The molecule has 1 fully saturated rings. The van der Waals surface area contributed by atoms with Gasteiger partial charge in [-0.05, 0) is 31.0 Å². The van der Waals surface area contributed by atoms with E-state index in [9.17, 15) is 4.79 Å². The van der Waals surface area contributed by atoms with Crippen LogP contribution in [0, 0.1) is 0 Å². The first kappa shape index (κ1) is 12.4. The van der Waals surface area contributed by atoms with Crippen LogP contribution in [-0.4, -0.2) is 18.6 Å². The Morgan fingerprint density at radius 2 is 1.95 bits per heavy atom. The molecule has 2 heterocycles. The average Bonchev–Trinajstić information content (AvgIpc) is 3.14. The molecule has 21 heavy (non-hydrogen) atoms. The van der Waals surface area contributed by atoms with Crippen molar-refractivity contribution >= 4 is 33.5 Å². The summed E-state index contributed by atoms with van der Waals surface area (Å²) in [6.07, 6.45) is 1.41. The van der Waals surface area contributed by atoms with Gasteiger partial charge < -0.3 is 14.5 Å². The number of ether oxygens (including phenoxy) is 1. The van der Waals surface area contributed by atoms with Crippen LogP contribution >= 0.6 is 0 Å². The SMILES string of the molecule is O=C(Nc1ccc2c(c1)oc1ccccc12)[C@H]1CCCO1. The fourth-order valence-electron chi connectivity index (χ4n) is 2.81. The van der Waals surface area contributed by atoms with E-state index in [2.05, 4.69) is 5.32 Å². The zero-order valence-electron chi connectivity index (χ0n) is 11.5. The average molecular weight is 281 g/mol. The van der Waals surface area contributed by atoms with Crippen LogP contribution in [0.4, 0.5) is 5.69 Å². The molecule has 1 amide bonds. The van der Waals surface area contributed by atoms with E-state index in [1.54, 1.807) is 0 Å². The number of nitrogens with one attached hydrogen (secondary N) is 1. The van der Waals surface area contributed by atoms with Gasteiger partial charge in [0.15, 0.2) is 0 Å². The monoisotopic (exact) mass is 281 g/mol. The molecule has 4 heteroatoms. The van der Waals surface area contributed by atoms with Gasteiger partial charge in [0.1, 0.15) is 17.3 Å². The summed E-state index contributed by atoms with van der Waals surface area (Å²) in [5, 5.41) is 5.04. The summed E-state index contributed by atoms with van der Waals surface area (Å²) in [6, 6.07) is 13.7. The van der Waals surface area contributed by atoms with E-state index in [4.69, 9.17) is 9.15 Å². The Bertz CT molecular complexity index is 815. The molecule has 0 bridgehead atoms. The number of carbonyl (C=O) groups is 1. The second-order valence-corrected chi connectivity index (χ2v) is 5.30. The summed E-state index contributed by atoms with van der Waals surface area (Å²) < 4.78 is 11.2. The van der Waals surface area contributed by atoms with Crippen LogP contribution in [0.1, 0.15) is 12.8 Å². The predicted molar refractivity (Wildman–Crippen MR) is 81.3 cm³/mol. The van der Waals surface area contributed by atoms with Crippen molar-refractivity contribution in [1.82, 2.24) is 0 Å². The van der Waals surface area contributed by atoms with Crippen LogP contribution in [0.15, 0.2) is 46.9 Å². The fourth-order valence-corrected chi connectivity index (χ4v) is 2.81. The van der Waals surface area contributed by atoms with E-state index in [1.165, 1.54) is 0 Å². The van der Waals surface area contributed by atoms with Crippen molar-refractivity contribution in [2.75, 3.05) is 11.9 Å².